The predicted molar refractivity (Wildman–Crippen MR) is 53.7 cm³/mol. The highest BCUT2D eigenvalue weighted by Gasteiger charge is 2.08. The molecule has 0 aliphatic carbocycles. The summed E-state index contributed by atoms with van der Waals surface area (Å²) < 4.78 is 22.3. The summed E-state index contributed by atoms with van der Waals surface area (Å²) in [5.74, 6) is -0.0802. The standard InChI is InChI=1S/C9H11NO2S/c1-2-13(11,12)7-8-5-3-4-6-9(8)10/h2-6H,1,7,10H2. The summed E-state index contributed by atoms with van der Waals surface area (Å²) in [5.41, 5.74) is 6.69. The van der Waals surface area contributed by atoms with Crippen LogP contribution >= 0.6 is 0 Å². The first kappa shape index (κ1) is 9.80. The van der Waals surface area contributed by atoms with Gasteiger partial charge in [0.2, 0.25) is 0 Å². The van der Waals surface area contributed by atoms with Gasteiger partial charge in [0.25, 0.3) is 0 Å². The van der Waals surface area contributed by atoms with Gasteiger partial charge < -0.3 is 5.73 Å². The van der Waals surface area contributed by atoms with Crippen LogP contribution in [0.25, 0.3) is 0 Å². The zero-order valence-electron chi connectivity index (χ0n) is 7.10. The molecule has 0 bridgehead atoms. The molecule has 0 atom stereocenters. The fourth-order valence-electron chi connectivity index (χ4n) is 0.941. The Morgan fingerprint density at radius 1 is 1.38 bits per heavy atom. The van der Waals surface area contributed by atoms with E-state index in [1.165, 1.54) is 0 Å². The van der Waals surface area contributed by atoms with Crippen molar-refractivity contribution in [3.05, 3.63) is 41.8 Å². The van der Waals surface area contributed by atoms with Crippen molar-refractivity contribution in [2.45, 2.75) is 5.75 Å². The molecule has 3 nitrogen and oxygen atoms in total. The van der Waals surface area contributed by atoms with E-state index in [1.54, 1.807) is 24.3 Å². The Morgan fingerprint density at radius 2 is 2.00 bits per heavy atom. The SMILES string of the molecule is C=CS(=O)(=O)Cc1ccccc1N. The second-order valence-corrected chi connectivity index (χ2v) is 4.62. The van der Waals surface area contributed by atoms with E-state index in [0.717, 1.165) is 5.41 Å². The molecule has 1 rings (SSSR count). The normalized spacial score (nSPS) is 11.1. The van der Waals surface area contributed by atoms with Crippen molar-refractivity contribution in [1.82, 2.24) is 0 Å². The topological polar surface area (TPSA) is 60.2 Å². The van der Waals surface area contributed by atoms with E-state index in [9.17, 15) is 8.42 Å². The van der Waals surface area contributed by atoms with Gasteiger partial charge in [-0.1, -0.05) is 24.8 Å². The van der Waals surface area contributed by atoms with Gasteiger partial charge in [0.1, 0.15) is 0 Å². The Kier molecular flexibility index (Phi) is 2.72. The summed E-state index contributed by atoms with van der Waals surface area (Å²) in [6, 6.07) is 6.88. The van der Waals surface area contributed by atoms with Crippen molar-refractivity contribution in [3.63, 3.8) is 0 Å². The fourth-order valence-corrected chi connectivity index (χ4v) is 1.76. The van der Waals surface area contributed by atoms with Crippen LogP contribution in [-0.2, 0) is 15.6 Å². The summed E-state index contributed by atoms with van der Waals surface area (Å²) >= 11 is 0. The monoisotopic (exact) mass is 197 g/mol. The summed E-state index contributed by atoms with van der Waals surface area (Å²) in [5, 5.41) is 0.944. The van der Waals surface area contributed by atoms with Crippen LogP contribution in [-0.4, -0.2) is 8.42 Å². The van der Waals surface area contributed by atoms with Crippen LogP contribution in [0.15, 0.2) is 36.3 Å². The van der Waals surface area contributed by atoms with Crippen LogP contribution in [0.2, 0.25) is 0 Å². The molecule has 4 heteroatoms. The van der Waals surface area contributed by atoms with Crippen molar-refractivity contribution in [1.29, 1.82) is 0 Å². The van der Waals surface area contributed by atoms with Crippen molar-refractivity contribution in [2.75, 3.05) is 5.73 Å². The Balaban J connectivity index is 3.00. The molecule has 0 heterocycles. The Bertz CT molecular complexity index is 409. The molecule has 2 N–H and O–H groups in total. The maximum Gasteiger partial charge on any atom is 0.175 e. The van der Waals surface area contributed by atoms with Crippen LogP contribution in [0.5, 0.6) is 0 Å². The lowest BCUT2D eigenvalue weighted by Gasteiger charge is -2.02. The third kappa shape index (κ3) is 2.59. The first-order chi connectivity index (χ1) is 6.05. The number of hydrogen-bond donors (Lipinski definition) is 1. The van der Waals surface area contributed by atoms with Gasteiger partial charge in [0.15, 0.2) is 9.84 Å². The molecule has 13 heavy (non-hydrogen) atoms. The Labute approximate surface area is 77.8 Å². The highest BCUT2D eigenvalue weighted by molar-refractivity contribution is 7.93. The molecular formula is C9H11NO2S. The number of nitrogen functional groups attached to an aromatic ring is 1. The summed E-state index contributed by atoms with van der Waals surface area (Å²) in [7, 11) is -3.21. The molecule has 0 spiro atoms. The van der Waals surface area contributed by atoms with Gasteiger partial charge >= 0.3 is 0 Å². The number of rotatable bonds is 3. The second-order valence-electron chi connectivity index (χ2n) is 2.67. The minimum absolute atomic E-state index is 0.0802. The molecule has 0 fully saturated rings. The molecule has 0 aliphatic rings. The smallest absolute Gasteiger partial charge is 0.175 e. The molecule has 0 saturated carbocycles. The highest BCUT2D eigenvalue weighted by atomic mass is 32.2. The molecule has 70 valence electrons. The quantitative estimate of drug-likeness (QED) is 0.743. The van der Waals surface area contributed by atoms with Gasteiger partial charge in [-0.3, -0.25) is 0 Å². The van der Waals surface area contributed by atoms with Crippen LogP contribution < -0.4 is 5.73 Å². The van der Waals surface area contributed by atoms with Crippen LogP contribution in [0.3, 0.4) is 0 Å². The highest BCUT2D eigenvalue weighted by Crippen LogP contribution is 2.14. The zero-order chi connectivity index (χ0) is 9.90. The third-order valence-corrected chi connectivity index (χ3v) is 2.89. The number of hydrogen-bond acceptors (Lipinski definition) is 3. The second kappa shape index (κ2) is 3.62. The minimum Gasteiger partial charge on any atom is -0.398 e. The van der Waals surface area contributed by atoms with Crippen LogP contribution in [0, 0.1) is 0 Å². The lowest BCUT2D eigenvalue weighted by molar-refractivity contribution is 0.604. The molecule has 0 unspecified atom stereocenters. The van der Waals surface area contributed by atoms with Crippen molar-refractivity contribution in [3.8, 4) is 0 Å². The maximum atomic E-state index is 11.1. The summed E-state index contributed by atoms with van der Waals surface area (Å²) in [6.45, 7) is 3.23. The molecule has 1 aromatic rings. The number of sulfone groups is 1. The average Bonchev–Trinajstić information content (AvgIpc) is 2.09. The van der Waals surface area contributed by atoms with E-state index in [0.29, 0.717) is 11.3 Å². The number of para-hydroxylation sites is 1. The molecule has 0 saturated heterocycles. The lowest BCUT2D eigenvalue weighted by Crippen LogP contribution is -2.02. The number of benzene rings is 1. The first-order valence-electron chi connectivity index (χ1n) is 3.74. The number of anilines is 1. The van der Waals surface area contributed by atoms with Gasteiger partial charge in [0, 0.05) is 11.1 Å². The van der Waals surface area contributed by atoms with Crippen molar-refractivity contribution in [2.24, 2.45) is 0 Å². The molecule has 0 radical (unpaired) electrons. The van der Waals surface area contributed by atoms with Crippen molar-refractivity contribution >= 4 is 15.5 Å². The average molecular weight is 197 g/mol. The van der Waals surface area contributed by atoms with E-state index in [-0.39, 0.29) is 5.75 Å². The van der Waals surface area contributed by atoms with Crippen LogP contribution in [0.4, 0.5) is 5.69 Å². The molecule has 0 aliphatic heterocycles. The maximum absolute atomic E-state index is 11.1. The minimum atomic E-state index is -3.21. The summed E-state index contributed by atoms with van der Waals surface area (Å²) in [4.78, 5) is 0. The predicted octanol–water partition coefficient (Wildman–Crippen LogP) is 1.33. The molecule has 1 aromatic carbocycles. The molecule has 0 aromatic heterocycles. The Hall–Kier alpha value is -1.29. The molecule has 0 amide bonds. The first-order valence-corrected chi connectivity index (χ1v) is 5.45. The van der Waals surface area contributed by atoms with E-state index in [2.05, 4.69) is 6.58 Å². The lowest BCUT2D eigenvalue weighted by atomic mass is 10.2. The van der Waals surface area contributed by atoms with E-state index >= 15 is 0 Å². The number of nitrogens with two attached hydrogens (primary N) is 1. The molecular weight excluding hydrogens is 186 g/mol. The van der Waals surface area contributed by atoms with Gasteiger partial charge in [-0.2, -0.15) is 0 Å². The van der Waals surface area contributed by atoms with Crippen LogP contribution in [0.1, 0.15) is 5.56 Å². The fraction of sp³-hybridized carbons (Fsp3) is 0.111. The van der Waals surface area contributed by atoms with Gasteiger partial charge in [0.05, 0.1) is 5.75 Å². The third-order valence-electron chi connectivity index (χ3n) is 1.67. The largest absolute Gasteiger partial charge is 0.398 e. The van der Waals surface area contributed by atoms with E-state index in [4.69, 9.17) is 5.73 Å². The summed E-state index contributed by atoms with van der Waals surface area (Å²) in [6.07, 6.45) is 0. The van der Waals surface area contributed by atoms with Gasteiger partial charge in [-0.05, 0) is 11.6 Å². The van der Waals surface area contributed by atoms with Gasteiger partial charge in [-0.15, -0.1) is 0 Å². The van der Waals surface area contributed by atoms with E-state index in [1.807, 2.05) is 0 Å². The van der Waals surface area contributed by atoms with Crippen molar-refractivity contribution < 1.29 is 8.42 Å². The Morgan fingerprint density at radius 3 is 2.54 bits per heavy atom. The van der Waals surface area contributed by atoms with E-state index < -0.39 is 9.84 Å². The zero-order valence-corrected chi connectivity index (χ0v) is 7.92. The van der Waals surface area contributed by atoms with Gasteiger partial charge in [-0.25, -0.2) is 8.42 Å².